The Balaban J connectivity index is 1.73. The predicted octanol–water partition coefficient (Wildman–Crippen LogP) is 6.22. The van der Waals surface area contributed by atoms with E-state index in [1.165, 1.54) is 26.0 Å². The fourth-order valence-electron chi connectivity index (χ4n) is 4.50. The lowest BCUT2D eigenvalue weighted by molar-refractivity contribution is -0.0380. The SMILES string of the molecule is COC(C)(CC(C)(C)c1cc2cc(C(C)=O)c(O)cc2o1)c1cc2cc(C(C)=O)c(O)cc2o1. The summed E-state index contributed by atoms with van der Waals surface area (Å²) < 4.78 is 18.0. The Bertz CT molecular complexity index is 1440. The zero-order valence-corrected chi connectivity index (χ0v) is 20.1. The maximum atomic E-state index is 11.8. The Kier molecular flexibility index (Phi) is 5.56. The summed E-state index contributed by atoms with van der Waals surface area (Å²) in [7, 11) is 1.59. The fourth-order valence-corrected chi connectivity index (χ4v) is 4.50. The molecule has 0 aliphatic rings. The number of furan rings is 2. The van der Waals surface area contributed by atoms with E-state index < -0.39 is 11.0 Å². The Morgan fingerprint density at radius 1 is 0.794 bits per heavy atom. The molecule has 7 heteroatoms. The molecular weight excluding hydrogens is 436 g/mol. The first kappa shape index (κ1) is 23.6. The lowest BCUT2D eigenvalue weighted by atomic mass is 9.78. The molecule has 4 aromatic rings. The Morgan fingerprint density at radius 3 is 1.68 bits per heavy atom. The second-order valence-electron chi connectivity index (χ2n) is 9.64. The van der Waals surface area contributed by atoms with Crippen LogP contribution in [0.25, 0.3) is 21.9 Å². The number of benzene rings is 2. The zero-order chi connectivity index (χ0) is 25.0. The summed E-state index contributed by atoms with van der Waals surface area (Å²) in [5, 5.41) is 21.7. The summed E-state index contributed by atoms with van der Waals surface area (Å²) in [5.74, 6) is 0.509. The highest BCUT2D eigenvalue weighted by molar-refractivity contribution is 6.01. The van der Waals surface area contributed by atoms with Crippen molar-refractivity contribution in [3.05, 3.63) is 59.0 Å². The van der Waals surface area contributed by atoms with Gasteiger partial charge in [0.1, 0.15) is 39.8 Å². The number of carbonyl (C=O) groups excluding carboxylic acids is 2. The van der Waals surface area contributed by atoms with E-state index in [0.717, 1.165) is 5.39 Å². The van der Waals surface area contributed by atoms with E-state index in [2.05, 4.69) is 0 Å². The summed E-state index contributed by atoms with van der Waals surface area (Å²) in [6, 6.07) is 9.82. The lowest BCUT2D eigenvalue weighted by Crippen LogP contribution is -2.33. The van der Waals surface area contributed by atoms with E-state index in [9.17, 15) is 19.8 Å². The summed E-state index contributed by atoms with van der Waals surface area (Å²) in [5.41, 5.74) is 0.0292. The van der Waals surface area contributed by atoms with Crippen molar-refractivity contribution in [3.63, 3.8) is 0 Å². The van der Waals surface area contributed by atoms with E-state index in [1.807, 2.05) is 32.9 Å². The van der Waals surface area contributed by atoms with Gasteiger partial charge in [0.05, 0.1) is 11.1 Å². The van der Waals surface area contributed by atoms with Crippen LogP contribution in [0.1, 0.15) is 73.3 Å². The first-order valence-corrected chi connectivity index (χ1v) is 11.0. The number of methoxy groups -OCH3 is 1. The van der Waals surface area contributed by atoms with Gasteiger partial charge in [-0.2, -0.15) is 0 Å². The quantitative estimate of drug-likeness (QED) is 0.312. The lowest BCUT2D eigenvalue weighted by Gasteiger charge is -2.34. The Labute approximate surface area is 196 Å². The van der Waals surface area contributed by atoms with E-state index >= 15 is 0 Å². The van der Waals surface area contributed by atoms with Crippen molar-refractivity contribution in [1.82, 2.24) is 0 Å². The third-order valence-electron chi connectivity index (χ3n) is 6.45. The summed E-state index contributed by atoms with van der Waals surface area (Å²) in [6.07, 6.45) is 0.466. The van der Waals surface area contributed by atoms with Crippen molar-refractivity contribution in [3.8, 4) is 11.5 Å². The Hall–Kier alpha value is -3.58. The zero-order valence-electron chi connectivity index (χ0n) is 20.1. The van der Waals surface area contributed by atoms with Crippen molar-refractivity contribution in [2.24, 2.45) is 0 Å². The van der Waals surface area contributed by atoms with Gasteiger partial charge in [0.15, 0.2) is 11.6 Å². The molecule has 4 rings (SSSR count). The smallest absolute Gasteiger partial charge is 0.163 e. The first-order chi connectivity index (χ1) is 15.8. The van der Waals surface area contributed by atoms with Gasteiger partial charge in [0, 0.05) is 35.4 Å². The molecule has 0 bridgehead atoms. The number of hydrogen-bond acceptors (Lipinski definition) is 7. The molecule has 2 aromatic carbocycles. The van der Waals surface area contributed by atoms with Crippen LogP contribution in [0.5, 0.6) is 11.5 Å². The molecule has 0 fully saturated rings. The average Bonchev–Trinajstić information content (AvgIpc) is 3.35. The number of phenolic OH excluding ortho intramolecular Hbond substituents is 2. The largest absolute Gasteiger partial charge is 0.507 e. The van der Waals surface area contributed by atoms with E-state index in [4.69, 9.17) is 13.6 Å². The van der Waals surface area contributed by atoms with Gasteiger partial charge in [-0.15, -0.1) is 0 Å². The minimum atomic E-state index is -0.861. The molecular formula is C27H28O7. The molecule has 0 spiro atoms. The van der Waals surface area contributed by atoms with Crippen LogP contribution >= 0.6 is 0 Å². The normalized spacial score (nSPS) is 13.9. The number of fused-ring (bicyclic) bond motifs is 2. The Morgan fingerprint density at radius 2 is 1.24 bits per heavy atom. The number of rotatable bonds is 7. The van der Waals surface area contributed by atoms with E-state index in [0.29, 0.717) is 34.5 Å². The molecule has 1 unspecified atom stereocenters. The van der Waals surface area contributed by atoms with Crippen molar-refractivity contribution >= 4 is 33.5 Å². The van der Waals surface area contributed by atoms with Crippen LogP contribution < -0.4 is 0 Å². The molecule has 2 heterocycles. The number of Topliss-reactive ketones (excluding diaryl/α,β-unsaturated/α-hetero) is 2. The highest BCUT2D eigenvalue weighted by atomic mass is 16.5. The van der Waals surface area contributed by atoms with Gasteiger partial charge < -0.3 is 23.8 Å². The molecule has 2 aromatic heterocycles. The molecule has 0 saturated heterocycles. The third kappa shape index (κ3) is 3.96. The molecule has 2 N–H and O–H groups in total. The van der Waals surface area contributed by atoms with Crippen LogP contribution in [-0.2, 0) is 15.8 Å². The highest BCUT2D eigenvalue weighted by Gasteiger charge is 2.39. The van der Waals surface area contributed by atoms with Crippen LogP contribution in [-0.4, -0.2) is 28.9 Å². The molecule has 0 saturated carbocycles. The number of phenols is 2. The topological polar surface area (TPSA) is 110 Å². The minimum absolute atomic E-state index is 0.115. The van der Waals surface area contributed by atoms with Gasteiger partial charge >= 0.3 is 0 Å². The molecule has 178 valence electrons. The second kappa shape index (κ2) is 8.02. The van der Waals surface area contributed by atoms with Crippen molar-refractivity contribution in [2.45, 2.75) is 52.1 Å². The second-order valence-corrected chi connectivity index (χ2v) is 9.64. The molecule has 0 radical (unpaired) electrons. The maximum absolute atomic E-state index is 11.8. The summed E-state index contributed by atoms with van der Waals surface area (Å²) >= 11 is 0. The van der Waals surface area contributed by atoms with Gasteiger partial charge in [0.2, 0.25) is 0 Å². The predicted molar refractivity (Wildman–Crippen MR) is 128 cm³/mol. The fraction of sp³-hybridized carbons (Fsp3) is 0.333. The molecule has 1 atom stereocenters. The van der Waals surface area contributed by atoms with Crippen LogP contribution in [0, 0.1) is 0 Å². The number of ether oxygens (including phenoxy) is 1. The van der Waals surface area contributed by atoms with Gasteiger partial charge in [0.25, 0.3) is 0 Å². The van der Waals surface area contributed by atoms with Gasteiger partial charge in [-0.3, -0.25) is 9.59 Å². The third-order valence-corrected chi connectivity index (χ3v) is 6.45. The van der Waals surface area contributed by atoms with E-state index in [1.54, 1.807) is 19.2 Å². The minimum Gasteiger partial charge on any atom is -0.507 e. The molecule has 7 nitrogen and oxygen atoms in total. The molecule has 0 aliphatic carbocycles. The number of ketones is 2. The van der Waals surface area contributed by atoms with Crippen LogP contribution in [0.2, 0.25) is 0 Å². The number of carbonyl (C=O) groups is 2. The highest BCUT2D eigenvalue weighted by Crippen LogP contribution is 2.43. The first-order valence-electron chi connectivity index (χ1n) is 11.0. The standard InChI is InChI=1S/C27H28O7/c1-14(28)18-7-16-9-24(33-22(16)11-20(18)30)26(3,4)13-27(5,32-6)25-10-17-8-19(15(2)29)21(31)12-23(17)34-25/h7-12,30-31H,13H2,1-6H3. The summed E-state index contributed by atoms with van der Waals surface area (Å²) in [4.78, 5) is 23.6. The van der Waals surface area contributed by atoms with E-state index in [-0.39, 0.29) is 34.2 Å². The monoisotopic (exact) mass is 464 g/mol. The van der Waals surface area contributed by atoms with Crippen molar-refractivity contribution in [2.75, 3.05) is 7.11 Å². The van der Waals surface area contributed by atoms with Gasteiger partial charge in [-0.05, 0) is 51.5 Å². The number of hydrogen-bond donors (Lipinski definition) is 2. The van der Waals surface area contributed by atoms with Crippen molar-refractivity contribution in [1.29, 1.82) is 0 Å². The van der Waals surface area contributed by atoms with Gasteiger partial charge in [-0.25, -0.2) is 0 Å². The summed E-state index contributed by atoms with van der Waals surface area (Å²) in [6.45, 7) is 8.73. The van der Waals surface area contributed by atoms with Crippen LogP contribution in [0.4, 0.5) is 0 Å². The molecule has 0 amide bonds. The van der Waals surface area contributed by atoms with Gasteiger partial charge in [-0.1, -0.05) is 13.8 Å². The molecule has 0 aliphatic heterocycles. The average molecular weight is 465 g/mol. The number of aromatic hydroxyl groups is 2. The maximum Gasteiger partial charge on any atom is 0.163 e. The molecule has 34 heavy (non-hydrogen) atoms. The van der Waals surface area contributed by atoms with Crippen LogP contribution in [0.15, 0.2) is 45.2 Å². The van der Waals surface area contributed by atoms with Crippen molar-refractivity contribution < 1.29 is 33.4 Å². The van der Waals surface area contributed by atoms with Crippen LogP contribution in [0.3, 0.4) is 0 Å².